The van der Waals surface area contributed by atoms with E-state index in [1.54, 1.807) is 18.3 Å². The van der Waals surface area contributed by atoms with Gasteiger partial charge in [-0.1, -0.05) is 34.1 Å². The lowest BCUT2D eigenvalue weighted by Gasteiger charge is -2.36. The van der Waals surface area contributed by atoms with E-state index in [1.807, 2.05) is 6.92 Å². The second kappa shape index (κ2) is 7.68. The van der Waals surface area contributed by atoms with Crippen molar-refractivity contribution in [1.29, 1.82) is 0 Å². The van der Waals surface area contributed by atoms with Gasteiger partial charge in [-0.3, -0.25) is 4.79 Å². The number of esters is 1. The molecule has 1 aliphatic rings. The van der Waals surface area contributed by atoms with Crippen LogP contribution in [0.25, 0.3) is 0 Å². The predicted molar refractivity (Wildman–Crippen MR) is 98.8 cm³/mol. The summed E-state index contributed by atoms with van der Waals surface area (Å²) in [6.45, 7) is 10.8. The zero-order chi connectivity index (χ0) is 17.9. The normalized spacial score (nSPS) is 17.3. The van der Waals surface area contributed by atoms with E-state index in [0.717, 1.165) is 31.2 Å². The lowest BCUT2D eigenvalue weighted by atomic mass is 9.69. The zero-order valence-electron chi connectivity index (χ0n) is 15.5. The fourth-order valence-electron chi connectivity index (χ4n) is 3.26. The van der Waals surface area contributed by atoms with Crippen LogP contribution >= 0.6 is 11.3 Å². The Balaban J connectivity index is 2.37. The number of fused-ring (bicyclic) bond motifs is 1. The van der Waals surface area contributed by atoms with Gasteiger partial charge < -0.3 is 10.1 Å². The lowest BCUT2D eigenvalue weighted by Crippen LogP contribution is -2.28. The molecule has 0 fully saturated rings. The number of nitrogens with one attached hydrogen (secondary N) is 1. The molecule has 0 radical (unpaired) electrons. The maximum Gasteiger partial charge on any atom is 0.341 e. The topological polar surface area (TPSA) is 55.4 Å². The van der Waals surface area contributed by atoms with E-state index >= 15 is 0 Å². The highest BCUT2D eigenvalue weighted by molar-refractivity contribution is 7.17. The van der Waals surface area contributed by atoms with Crippen LogP contribution < -0.4 is 5.32 Å². The number of hydrogen-bond acceptors (Lipinski definition) is 4. The molecule has 0 bridgehead atoms. The molecule has 1 aliphatic carbocycles. The summed E-state index contributed by atoms with van der Waals surface area (Å²) in [5, 5.41) is 3.57. The number of amides is 1. The third-order valence-corrected chi connectivity index (χ3v) is 6.51. The number of carbonyl (C=O) groups excluding carboxylic acids is 2. The van der Waals surface area contributed by atoms with E-state index in [4.69, 9.17) is 4.74 Å². The molecule has 0 saturated heterocycles. The molecule has 1 aromatic heterocycles. The molecule has 1 atom stereocenters. The molecule has 2 rings (SSSR count). The van der Waals surface area contributed by atoms with Crippen LogP contribution in [-0.4, -0.2) is 18.5 Å². The van der Waals surface area contributed by atoms with Gasteiger partial charge in [-0.25, -0.2) is 4.79 Å². The molecule has 0 saturated carbocycles. The van der Waals surface area contributed by atoms with Gasteiger partial charge in [0.1, 0.15) is 5.00 Å². The van der Waals surface area contributed by atoms with Gasteiger partial charge in [0.05, 0.1) is 12.2 Å². The van der Waals surface area contributed by atoms with E-state index in [1.165, 1.54) is 4.88 Å². The molecule has 134 valence electrons. The second-order valence-electron chi connectivity index (χ2n) is 7.11. The second-order valence-corrected chi connectivity index (χ2v) is 8.22. The Morgan fingerprint density at radius 3 is 2.58 bits per heavy atom. The lowest BCUT2D eigenvalue weighted by molar-refractivity contribution is -0.115. The molecular weight excluding hydrogens is 322 g/mol. The van der Waals surface area contributed by atoms with Crippen molar-refractivity contribution in [3.8, 4) is 0 Å². The molecular formula is C19H29NO3S. The van der Waals surface area contributed by atoms with Crippen LogP contribution in [0.3, 0.4) is 0 Å². The number of thiophene rings is 1. The van der Waals surface area contributed by atoms with E-state index in [0.29, 0.717) is 34.9 Å². The van der Waals surface area contributed by atoms with Crippen molar-refractivity contribution in [2.75, 3.05) is 11.9 Å². The van der Waals surface area contributed by atoms with Crippen molar-refractivity contribution in [3.05, 3.63) is 16.0 Å². The van der Waals surface area contributed by atoms with Gasteiger partial charge in [-0.05, 0) is 43.1 Å². The van der Waals surface area contributed by atoms with Crippen molar-refractivity contribution in [1.82, 2.24) is 0 Å². The van der Waals surface area contributed by atoms with Crippen molar-refractivity contribution in [3.63, 3.8) is 0 Å². The average Bonchev–Trinajstić information content (AvgIpc) is 2.91. The van der Waals surface area contributed by atoms with E-state index in [-0.39, 0.29) is 11.9 Å². The summed E-state index contributed by atoms with van der Waals surface area (Å²) in [5.41, 5.74) is 1.97. The van der Waals surface area contributed by atoms with Gasteiger partial charge in [-0.15, -0.1) is 11.3 Å². The van der Waals surface area contributed by atoms with Crippen molar-refractivity contribution in [2.45, 2.75) is 66.7 Å². The van der Waals surface area contributed by atoms with E-state index in [9.17, 15) is 9.59 Å². The Morgan fingerprint density at radius 2 is 2.00 bits per heavy atom. The highest BCUT2D eigenvalue weighted by atomic mass is 32.1. The summed E-state index contributed by atoms with van der Waals surface area (Å²) in [6, 6.07) is 0. The van der Waals surface area contributed by atoms with Gasteiger partial charge in [0.15, 0.2) is 0 Å². The maximum absolute atomic E-state index is 12.4. The molecule has 0 aromatic carbocycles. The molecule has 5 heteroatoms. The molecule has 24 heavy (non-hydrogen) atoms. The summed E-state index contributed by atoms with van der Waals surface area (Å²) in [5.74, 6) is 0.234. The van der Waals surface area contributed by atoms with Crippen LogP contribution in [0.2, 0.25) is 0 Å². The van der Waals surface area contributed by atoms with Gasteiger partial charge in [-0.2, -0.15) is 0 Å². The highest BCUT2D eigenvalue weighted by Gasteiger charge is 2.35. The molecule has 0 aliphatic heterocycles. The van der Waals surface area contributed by atoms with Crippen LogP contribution in [0.15, 0.2) is 0 Å². The molecule has 0 spiro atoms. The Labute approximate surface area is 149 Å². The maximum atomic E-state index is 12.4. The highest BCUT2D eigenvalue weighted by Crippen LogP contribution is 2.45. The van der Waals surface area contributed by atoms with Crippen LogP contribution in [-0.2, 0) is 22.4 Å². The quantitative estimate of drug-likeness (QED) is 0.748. The fourth-order valence-corrected chi connectivity index (χ4v) is 4.60. The van der Waals surface area contributed by atoms with Crippen molar-refractivity contribution in [2.24, 2.45) is 11.3 Å². The minimum atomic E-state index is -0.311. The van der Waals surface area contributed by atoms with Gasteiger partial charge >= 0.3 is 5.97 Å². The fraction of sp³-hybridized carbons (Fsp3) is 0.684. The Kier molecular flexibility index (Phi) is 6.07. The number of carbonyl (C=O) groups is 2. The largest absolute Gasteiger partial charge is 0.462 e. The van der Waals surface area contributed by atoms with E-state index in [2.05, 4.69) is 26.1 Å². The molecule has 1 N–H and O–H groups in total. The zero-order valence-corrected chi connectivity index (χ0v) is 16.3. The standard InChI is InChI=1S/C19H29NO3S/c1-6-15(21)20-17-16(18(22)23-8-3)13-10-9-12(11-14(13)24-17)19(4,5)7-2/h12H,6-11H2,1-5H3,(H,20,21)/t12-/m1/s1. The third-order valence-electron chi connectivity index (χ3n) is 5.34. The number of rotatable bonds is 6. The smallest absolute Gasteiger partial charge is 0.341 e. The van der Waals surface area contributed by atoms with Crippen LogP contribution in [0.5, 0.6) is 0 Å². The first kappa shape index (κ1) is 19.0. The average molecular weight is 352 g/mol. The minimum absolute atomic E-state index is 0.0652. The molecule has 1 aromatic rings. The molecule has 1 amide bonds. The van der Waals surface area contributed by atoms with Crippen molar-refractivity contribution < 1.29 is 14.3 Å². The van der Waals surface area contributed by atoms with Crippen LogP contribution in [0.4, 0.5) is 5.00 Å². The van der Waals surface area contributed by atoms with E-state index < -0.39 is 0 Å². The van der Waals surface area contributed by atoms with Crippen molar-refractivity contribution >= 4 is 28.2 Å². The molecule has 4 nitrogen and oxygen atoms in total. The summed E-state index contributed by atoms with van der Waals surface area (Å²) >= 11 is 1.56. The first-order valence-corrected chi connectivity index (χ1v) is 9.77. The first-order valence-electron chi connectivity index (χ1n) is 8.95. The van der Waals surface area contributed by atoms with Gasteiger partial charge in [0, 0.05) is 11.3 Å². The number of hydrogen-bond donors (Lipinski definition) is 1. The SMILES string of the molecule is CCOC(=O)c1c(NC(=O)CC)sc2c1CC[C@@H](C(C)(C)CC)C2. The molecule has 0 unspecified atom stereocenters. The minimum Gasteiger partial charge on any atom is -0.462 e. The monoisotopic (exact) mass is 351 g/mol. The number of ether oxygens (including phenoxy) is 1. The molecule has 1 heterocycles. The Bertz CT molecular complexity index is 618. The van der Waals surface area contributed by atoms with Gasteiger partial charge in [0.25, 0.3) is 0 Å². The Morgan fingerprint density at radius 1 is 1.29 bits per heavy atom. The summed E-state index contributed by atoms with van der Waals surface area (Å²) < 4.78 is 5.24. The predicted octanol–water partition coefficient (Wildman–Crippen LogP) is 4.81. The van der Waals surface area contributed by atoms with Crippen LogP contribution in [0, 0.1) is 11.3 Å². The number of anilines is 1. The first-order chi connectivity index (χ1) is 11.3. The summed E-state index contributed by atoms with van der Waals surface area (Å²) in [4.78, 5) is 25.5. The summed E-state index contributed by atoms with van der Waals surface area (Å²) in [6.07, 6.45) is 4.49. The van der Waals surface area contributed by atoms with Gasteiger partial charge in [0.2, 0.25) is 5.91 Å². The summed E-state index contributed by atoms with van der Waals surface area (Å²) in [7, 11) is 0. The third kappa shape index (κ3) is 3.82. The Hall–Kier alpha value is -1.36. The van der Waals surface area contributed by atoms with Crippen LogP contribution in [0.1, 0.15) is 74.7 Å².